The lowest BCUT2D eigenvalue weighted by molar-refractivity contribution is -0.157. The predicted octanol–water partition coefficient (Wildman–Crippen LogP) is 1.38. The standard InChI is InChI=1S/C21H23N3O5/c1-10-9-21-13(17(10)20(27)29-22)8-16(25)24(21)15(19(26)28-2)7-12-11-5-3-4-6-14(11)23-18(12)21/h3-6,10,13,15,17,23H,7-9,22H2,1-2H3/t10-,13-,15-,17+,21+/m0/s1. The molecule has 1 saturated heterocycles. The van der Waals surface area contributed by atoms with E-state index in [1.807, 2.05) is 31.2 Å². The Kier molecular flexibility index (Phi) is 3.80. The first kappa shape index (κ1) is 18.2. The molecule has 2 aromatic rings. The lowest BCUT2D eigenvalue weighted by Gasteiger charge is -2.46. The second-order valence-corrected chi connectivity index (χ2v) is 8.41. The van der Waals surface area contributed by atoms with Crippen LogP contribution in [0.2, 0.25) is 0 Å². The molecule has 8 heteroatoms. The van der Waals surface area contributed by atoms with Gasteiger partial charge in [0.2, 0.25) is 5.91 Å². The van der Waals surface area contributed by atoms with Crippen LogP contribution < -0.4 is 5.90 Å². The molecule has 0 radical (unpaired) electrons. The largest absolute Gasteiger partial charge is 0.467 e. The van der Waals surface area contributed by atoms with Gasteiger partial charge in [0, 0.05) is 35.4 Å². The first-order valence-corrected chi connectivity index (χ1v) is 9.84. The van der Waals surface area contributed by atoms with Gasteiger partial charge in [-0.1, -0.05) is 25.1 Å². The molecule has 1 amide bonds. The highest BCUT2D eigenvalue weighted by Crippen LogP contribution is 2.62. The first-order chi connectivity index (χ1) is 13.9. The Morgan fingerprint density at radius 2 is 2.00 bits per heavy atom. The number of nitrogens with one attached hydrogen (secondary N) is 1. The Balaban J connectivity index is 1.78. The number of carbonyl (C=O) groups is 3. The van der Waals surface area contributed by atoms with Crippen LogP contribution in [0.4, 0.5) is 0 Å². The lowest BCUT2D eigenvalue weighted by atomic mass is 9.76. The summed E-state index contributed by atoms with van der Waals surface area (Å²) in [6.07, 6.45) is 1.11. The average Bonchev–Trinajstić information content (AvgIpc) is 3.32. The van der Waals surface area contributed by atoms with E-state index in [0.29, 0.717) is 12.8 Å². The van der Waals surface area contributed by atoms with Crippen molar-refractivity contribution in [3.8, 4) is 0 Å². The molecule has 1 aromatic carbocycles. The third kappa shape index (κ3) is 2.15. The number of para-hydroxylation sites is 1. The van der Waals surface area contributed by atoms with Crippen molar-refractivity contribution in [1.29, 1.82) is 0 Å². The molecule has 29 heavy (non-hydrogen) atoms. The van der Waals surface area contributed by atoms with E-state index in [2.05, 4.69) is 9.82 Å². The number of hydrogen-bond donors (Lipinski definition) is 2. The van der Waals surface area contributed by atoms with Gasteiger partial charge in [0.15, 0.2) is 0 Å². The Morgan fingerprint density at radius 3 is 2.72 bits per heavy atom. The van der Waals surface area contributed by atoms with Gasteiger partial charge < -0.3 is 19.5 Å². The minimum absolute atomic E-state index is 0.0534. The average molecular weight is 397 g/mol. The van der Waals surface area contributed by atoms with Crippen LogP contribution in [-0.2, 0) is 35.9 Å². The number of H-pyrrole nitrogens is 1. The van der Waals surface area contributed by atoms with Crippen LogP contribution in [0.25, 0.3) is 10.9 Å². The van der Waals surface area contributed by atoms with Crippen LogP contribution in [0.15, 0.2) is 24.3 Å². The van der Waals surface area contributed by atoms with Crippen LogP contribution in [0.1, 0.15) is 31.0 Å². The zero-order valence-corrected chi connectivity index (χ0v) is 16.3. The van der Waals surface area contributed by atoms with Crippen molar-refractivity contribution in [2.24, 2.45) is 23.7 Å². The number of methoxy groups -OCH3 is 1. The zero-order valence-electron chi connectivity index (χ0n) is 16.3. The Morgan fingerprint density at radius 1 is 1.24 bits per heavy atom. The molecule has 3 aliphatic rings. The zero-order chi connectivity index (χ0) is 20.5. The highest BCUT2D eigenvalue weighted by Gasteiger charge is 2.68. The number of nitrogens with zero attached hydrogens (tertiary/aromatic N) is 1. The van der Waals surface area contributed by atoms with Gasteiger partial charge in [-0.15, -0.1) is 0 Å². The van der Waals surface area contributed by atoms with E-state index in [4.69, 9.17) is 10.6 Å². The fourth-order valence-corrected chi connectivity index (χ4v) is 6.27. The smallest absolute Gasteiger partial charge is 0.328 e. The summed E-state index contributed by atoms with van der Waals surface area (Å²) < 4.78 is 5.06. The molecular formula is C21H23N3O5. The number of benzene rings is 1. The second-order valence-electron chi connectivity index (χ2n) is 8.41. The maximum absolute atomic E-state index is 13.2. The van der Waals surface area contributed by atoms with Crippen LogP contribution in [0, 0.1) is 17.8 Å². The summed E-state index contributed by atoms with van der Waals surface area (Å²) >= 11 is 0. The number of ether oxygens (including phenoxy) is 1. The molecule has 3 N–H and O–H groups in total. The summed E-state index contributed by atoms with van der Waals surface area (Å²) in [5.74, 6) is 3.25. The van der Waals surface area contributed by atoms with Crippen molar-refractivity contribution >= 4 is 28.7 Å². The van der Waals surface area contributed by atoms with Crippen molar-refractivity contribution in [3.05, 3.63) is 35.5 Å². The second kappa shape index (κ2) is 6.06. The molecule has 1 aromatic heterocycles. The molecule has 152 valence electrons. The number of rotatable bonds is 2. The maximum Gasteiger partial charge on any atom is 0.328 e. The summed E-state index contributed by atoms with van der Waals surface area (Å²) in [5, 5.41) is 1.03. The molecule has 1 spiro atoms. The highest BCUT2D eigenvalue weighted by molar-refractivity contribution is 5.93. The SMILES string of the molecule is COC(=O)[C@@H]1Cc2c([nH]c3ccccc23)[C@@]23C[C@H](C)[C@@H](C(=O)ON)[C@@H]2CC(=O)N13. The number of aromatic nitrogens is 1. The minimum Gasteiger partial charge on any atom is -0.467 e. The van der Waals surface area contributed by atoms with Gasteiger partial charge in [0.25, 0.3) is 0 Å². The number of esters is 1. The summed E-state index contributed by atoms with van der Waals surface area (Å²) in [5.41, 5.74) is 2.11. The van der Waals surface area contributed by atoms with Crippen molar-refractivity contribution in [3.63, 3.8) is 0 Å². The monoisotopic (exact) mass is 397 g/mol. The van der Waals surface area contributed by atoms with E-state index in [-0.39, 0.29) is 24.2 Å². The van der Waals surface area contributed by atoms with Gasteiger partial charge in [-0.25, -0.2) is 4.79 Å². The quantitative estimate of drug-likeness (QED) is 0.584. The number of amides is 1. The minimum atomic E-state index is -0.777. The van der Waals surface area contributed by atoms with Gasteiger partial charge in [-0.05, 0) is 24.0 Å². The van der Waals surface area contributed by atoms with Gasteiger partial charge in [0.1, 0.15) is 6.04 Å². The molecule has 2 aliphatic heterocycles. The predicted molar refractivity (Wildman–Crippen MR) is 102 cm³/mol. The lowest BCUT2D eigenvalue weighted by Crippen LogP contribution is -2.58. The van der Waals surface area contributed by atoms with Crippen molar-refractivity contribution < 1.29 is 24.0 Å². The summed E-state index contributed by atoms with van der Waals surface area (Å²) in [7, 11) is 1.34. The van der Waals surface area contributed by atoms with Crippen LogP contribution in [0.5, 0.6) is 0 Å². The molecule has 1 aliphatic carbocycles. The number of carbonyl (C=O) groups excluding carboxylic acids is 3. The first-order valence-electron chi connectivity index (χ1n) is 9.84. The van der Waals surface area contributed by atoms with Crippen LogP contribution >= 0.6 is 0 Å². The van der Waals surface area contributed by atoms with Crippen molar-refractivity contribution in [2.45, 2.75) is 37.8 Å². The van der Waals surface area contributed by atoms with E-state index in [1.165, 1.54) is 7.11 Å². The molecule has 0 unspecified atom stereocenters. The van der Waals surface area contributed by atoms with Gasteiger partial charge >= 0.3 is 11.9 Å². The van der Waals surface area contributed by atoms with E-state index < -0.39 is 29.4 Å². The third-order valence-corrected chi connectivity index (χ3v) is 7.20. The van der Waals surface area contributed by atoms with Crippen molar-refractivity contribution in [1.82, 2.24) is 9.88 Å². The van der Waals surface area contributed by atoms with E-state index in [0.717, 1.165) is 22.2 Å². The summed E-state index contributed by atoms with van der Waals surface area (Å²) in [4.78, 5) is 48.2. The molecular weight excluding hydrogens is 374 g/mol. The molecule has 3 heterocycles. The van der Waals surface area contributed by atoms with Gasteiger partial charge in [0.05, 0.1) is 18.6 Å². The number of hydrogen-bond acceptors (Lipinski definition) is 6. The van der Waals surface area contributed by atoms with E-state index >= 15 is 0 Å². The van der Waals surface area contributed by atoms with Crippen LogP contribution in [-0.4, -0.2) is 40.9 Å². The van der Waals surface area contributed by atoms with Crippen molar-refractivity contribution in [2.75, 3.05) is 7.11 Å². The topological polar surface area (TPSA) is 115 Å². The summed E-state index contributed by atoms with van der Waals surface area (Å²) in [6, 6.07) is 7.18. The van der Waals surface area contributed by atoms with E-state index in [9.17, 15) is 14.4 Å². The molecule has 5 rings (SSSR count). The summed E-state index contributed by atoms with van der Waals surface area (Å²) in [6.45, 7) is 1.97. The number of fused-ring (bicyclic) bond motifs is 3. The van der Waals surface area contributed by atoms with E-state index in [1.54, 1.807) is 4.90 Å². The Bertz CT molecular complexity index is 1050. The van der Waals surface area contributed by atoms with Crippen LogP contribution in [0.3, 0.4) is 0 Å². The normalized spacial score (nSPS) is 32.7. The number of aromatic amines is 1. The number of nitrogens with two attached hydrogens (primary N) is 1. The van der Waals surface area contributed by atoms with Gasteiger partial charge in [-0.3, -0.25) is 9.59 Å². The molecule has 5 atom stereocenters. The molecule has 8 nitrogen and oxygen atoms in total. The Labute approximate surface area is 167 Å². The molecule has 2 fully saturated rings. The third-order valence-electron chi connectivity index (χ3n) is 7.20. The maximum atomic E-state index is 13.2. The fourth-order valence-electron chi connectivity index (χ4n) is 6.27. The Hall–Kier alpha value is -2.87. The highest BCUT2D eigenvalue weighted by atomic mass is 16.7. The fraction of sp³-hybridized carbons (Fsp3) is 0.476. The van der Waals surface area contributed by atoms with Gasteiger partial charge in [-0.2, -0.15) is 5.90 Å². The molecule has 0 bridgehead atoms. The molecule has 1 saturated carbocycles.